The first-order chi connectivity index (χ1) is 11.8. The lowest BCUT2D eigenvalue weighted by Crippen LogP contribution is -2.39. The van der Waals surface area contributed by atoms with Gasteiger partial charge in [-0.3, -0.25) is 10.0 Å². The van der Waals surface area contributed by atoms with Crippen LogP contribution in [0, 0.1) is 17.1 Å². The molecule has 120 valence electrons. The van der Waals surface area contributed by atoms with Crippen molar-refractivity contribution in [3.63, 3.8) is 0 Å². The molecule has 0 atom stereocenters. The van der Waals surface area contributed by atoms with Crippen LogP contribution in [0.3, 0.4) is 0 Å². The van der Waals surface area contributed by atoms with E-state index in [2.05, 4.69) is 16.1 Å². The first-order valence-electron chi connectivity index (χ1n) is 8.29. The SMILES string of the molecule is N#Cc1ccc(N2CC(c3ccc(F)cc3)=C3CCCCN32)cc1. The molecule has 2 aromatic carbocycles. The van der Waals surface area contributed by atoms with Gasteiger partial charge in [-0.1, -0.05) is 12.1 Å². The van der Waals surface area contributed by atoms with Gasteiger partial charge in [-0.05, 0) is 61.2 Å². The molecule has 4 rings (SSSR count). The monoisotopic (exact) mass is 319 g/mol. The van der Waals surface area contributed by atoms with Crippen LogP contribution in [0.25, 0.3) is 5.57 Å². The van der Waals surface area contributed by atoms with Gasteiger partial charge < -0.3 is 0 Å². The zero-order valence-corrected chi connectivity index (χ0v) is 13.4. The number of hydrazine groups is 1. The highest BCUT2D eigenvalue weighted by Crippen LogP contribution is 2.38. The molecule has 0 aliphatic carbocycles. The normalized spacial score (nSPS) is 17.0. The zero-order chi connectivity index (χ0) is 16.5. The molecule has 3 nitrogen and oxygen atoms in total. The lowest BCUT2D eigenvalue weighted by Gasteiger charge is -2.36. The van der Waals surface area contributed by atoms with Gasteiger partial charge in [0.1, 0.15) is 5.82 Å². The molecule has 2 aliphatic rings. The smallest absolute Gasteiger partial charge is 0.123 e. The van der Waals surface area contributed by atoms with Crippen LogP contribution in [0.1, 0.15) is 30.4 Å². The van der Waals surface area contributed by atoms with Gasteiger partial charge >= 0.3 is 0 Å². The van der Waals surface area contributed by atoms with E-state index in [1.165, 1.54) is 36.2 Å². The highest BCUT2D eigenvalue weighted by Gasteiger charge is 2.32. The molecule has 0 spiro atoms. The highest BCUT2D eigenvalue weighted by molar-refractivity contribution is 5.76. The Morgan fingerprint density at radius 3 is 2.38 bits per heavy atom. The third kappa shape index (κ3) is 2.52. The Kier molecular flexibility index (Phi) is 3.70. The van der Waals surface area contributed by atoms with Crippen molar-refractivity contribution >= 4 is 11.3 Å². The van der Waals surface area contributed by atoms with Gasteiger partial charge in [0, 0.05) is 17.8 Å². The standard InChI is InChI=1S/C20H18FN3/c21-17-8-6-16(7-9-17)19-14-24(23-12-2-1-3-20(19)23)18-10-4-15(13-22)5-11-18/h4-11H,1-3,12,14H2. The van der Waals surface area contributed by atoms with Gasteiger partial charge in [-0.2, -0.15) is 5.26 Å². The average molecular weight is 319 g/mol. The molecule has 0 bridgehead atoms. The zero-order valence-electron chi connectivity index (χ0n) is 13.4. The first-order valence-corrected chi connectivity index (χ1v) is 8.29. The van der Waals surface area contributed by atoms with E-state index >= 15 is 0 Å². The predicted octanol–water partition coefficient (Wildman–Crippen LogP) is 4.33. The van der Waals surface area contributed by atoms with Gasteiger partial charge in [0.25, 0.3) is 0 Å². The second kappa shape index (κ2) is 6.01. The van der Waals surface area contributed by atoms with E-state index in [1.807, 2.05) is 36.4 Å². The first kappa shape index (κ1) is 14.8. The van der Waals surface area contributed by atoms with Crippen LogP contribution >= 0.6 is 0 Å². The van der Waals surface area contributed by atoms with E-state index in [0.29, 0.717) is 5.56 Å². The number of rotatable bonds is 2. The molecule has 4 heteroatoms. The number of piperidine rings is 1. The van der Waals surface area contributed by atoms with Crippen LogP contribution in [0.15, 0.2) is 54.2 Å². The molecule has 2 aliphatic heterocycles. The summed E-state index contributed by atoms with van der Waals surface area (Å²) in [4.78, 5) is 0. The maximum atomic E-state index is 13.3. The van der Waals surface area contributed by atoms with Crippen LogP contribution < -0.4 is 5.01 Å². The molecule has 24 heavy (non-hydrogen) atoms. The fourth-order valence-electron chi connectivity index (χ4n) is 3.57. The summed E-state index contributed by atoms with van der Waals surface area (Å²) in [6, 6.07) is 16.7. The Balaban J connectivity index is 1.70. The van der Waals surface area contributed by atoms with E-state index in [-0.39, 0.29) is 5.82 Å². The fraction of sp³-hybridized carbons (Fsp3) is 0.250. The predicted molar refractivity (Wildman–Crippen MR) is 92.4 cm³/mol. The van der Waals surface area contributed by atoms with Crippen LogP contribution in [0.5, 0.6) is 0 Å². The molecule has 0 amide bonds. The van der Waals surface area contributed by atoms with Crippen molar-refractivity contribution in [1.82, 2.24) is 5.01 Å². The van der Waals surface area contributed by atoms with Gasteiger partial charge in [0.2, 0.25) is 0 Å². The summed E-state index contributed by atoms with van der Waals surface area (Å²) in [5, 5.41) is 13.6. The summed E-state index contributed by atoms with van der Waals surface area (Å²) in [6.07, 6.45) is 3.42. The largest absolute Gasteiger partial charge is 0.289 e. The minimum atomic E-state index is -0.202. The highest BCUT2D eigenvalue weighted by atomic mass is 19.1. The molecule has 0 N–H and O–H groups in total. The lowest BCUT2D eigenvalue weighted by atomic mass is 10.00. The number of nitrogens with zero attached hydrogens (tertiary/aromatic N) is 3. The van der Waals surface area contributed by atoms with Crippen molar-refractivity contribution in [1.29, 1.82) is 5.26 Å². The van der Waals surface area contributed by atoms with Crippen LogP contribution in [0.4, 0.5) is 10.1 Å². The van der Waals surface area contributed by atoms with E-state index in [1.54, 1.807) is 0 Å². The average Bonchev–Trinajstić information content (AvgIpc) is 3.02. The maximum Gasteiger partial charge on any atom is 0.123 e. The Morgan fingerprint density at radius 1 is 0.917 bits per heavy atom. The molecule has 0 saturated carbocycles. The van der Waals surface area contributed by atoms with E-state index < -0.39 is 0 Å². The second-order valence-electron chi connectivity index (χ2n) is 6.23. The van der Waals surface area contributed by atoms with Crippen molar-refractivity contribution in [2.45, 2.75) is 19.3 Å². The lowest BCUT2D eigenvalue weighted by molar-refractivity contribution is 0.294. The van der Waals surface area contributed by atoms with Crippen molar-refractivity contribution in [2.24, 2.45) is 0 Å². The summed E-state index contributed by atoms with van der Waals surface area (Å²) in [5.74, 6) is -0.202. The van der Waals surface area contributed by atoms with E-state index in [9.17, 15) is 4.39 Å². The summed E-state index contributed by atoms with van der Waals surface area (Å²) in [6.45, 7) is 1.78. The summed E-state index contributed by atoms with van der Waals surface area (Å²) < 4.78 is 13.3. The topological polar surface area (TPSA) is 30.3 Å². The minimum Gasteiger partial charge on any atom is -0.289 e. The molecule has 0 aromatic heterocycles. The van der Waals surface area contributed by atoms with Gasteiger partial charge in [0.15, 0.2) is 0 Å². The Hall–Kier alpha value is -2.80. The maximum absolute atomic E-state index is 13.3. The minimum absolute atomic E-state index is 0.202. The molecule has 1 fully saturated rings. The van der Waals surface area contributed by atoms with Crippen molar-refractivity contribution in [3.8, 4) is 6.07 Å². The number of benzene rings is 2. The number of hydrogen-bond acceptors (Lipinski definition) is 3. The molecule has 2 heterocycles. The Morgan fingerprint density at radius 2 is 1.67 bits per heavy atom. The van der Waals surface area contributed by atoms with Gasteiger partial charge in [-0.25, -0.2) is 4.39 Å². The molecule has 1 saturated heterocycles. The molecular weight excluding hydrogens is 301 g/mol. The summed E-state index contributed by atoms with van der Waals surface area (Å²) in [5.41, 5.74) is 5.47. The Labute approximate surface area is 141 Å². The summed E-state index contributed by atoms with van der Waals surface area (Å²) >= 11 is 0. The third-order valence-corrected chi connectivity index (χ3v) is 4.78. The summed E-state index contributed by atoms with van der Waals surface area (Å²) in [7, 11) is 0. The van der Waals surface area contributed by atoms with E-state index in [0.717, 1.165) is 30.8 Å². The van der Waals surface area contributed by atoms with Crippen LogP contribution in [-0.4, -0.2) is 18.1 Å². The number of nitriles is 1. The Bertz CT molecular complexity index is 815. The third-order valence-electron chi connectivity index (χ3n) is 4.78. The molecular formula is C20H18FN3. The number of hydrogen-bond donors (Lipinski definition) is 0. The molecule has 0 radical (unpaired) electrons. The number of fused-ring (bicyclic) bond motifs is 1. The number of halogens is 1. The number of allylic oxidation sites excluding steroid dienone is 1. The fourth-order valence-corrected chi connectivity index (χ4v) is 3.57. The molecule has 0 unspecified atom stereocenters. The number of anilines is 1. The van der Waals surface area contributed by atoms with E-state index in [4.69, 9.17) is 5.26 Å². The second-order valence-corrected chi connectivity index (χ2v) is 6.23. The van der Waals surface area contributed by atoms with Gasteiger partial charge in [-0.15, -0.1) is 0 Å². The quantitative estimate of drug-likeness (QED) is 0.825. The van der Waals surface area contributed by atoms with Crippen LogP contribution in [-0.2, 0) is 0 Å². The van der Waals surface area contributed by atoms with Crippen LogP contribution in [0.2, 0.25) is 0 Å². The van der Waals surface area contributed by atoms with Crippen molar-refractivity contribution in [2.75, 3.05) is 18.1 Å². The molecule has 2 aromatic rings. The van der Waals surface area contributed by atoms with Crippen molar-refractivity contribution in [3.05, 3.63) is 71.2 Å². The van der Waals surface area contributed by atoms with Crippen molar-refractivity contribution < 1.29 is 4.39 Å². The van der Waals surface area contributed by atoms with Gasteiger partial charge in [0.05, 0.1) is 23.9 Å².